The molecule has 26 heavy (non-hydrogen) atoms. The highest BCUT2D eigenvalue weighted by Crippen LogP contribution is 2.32. The molecule has 148 valence electrons. The Balaban J connectivity index is 2.04. The Bertz CT molecular complexity index is 533. The lowest BCUT2D eigenvalue weighted by molar-refractivity contribution is -0.142. The maximum atomic E-state index is 6.36. The predicted octanol–water partition coefficient (Wildman–Crippen LogP) is 6.22. The lowest BCUT2D eigenvalue weighted by Gasteiger charge is -2.32. The van der Waals surface area contributed by atoms with Crippen molar-refractivity contribution >= 4 is 0 Å². The molecule has 1 aliphatic carbocycles. The van der Waals surface area contributed by atoms with E-state index in [9.17, 15) is 0 Å². The van der Waals surface area contributed by atoms with E-state index in [2.05, 4.69) is 53.7 Å². The first kappa shape index (κ1) is 21.2. The minimum atomic E-state index is -0.194. The molecule has 0 bridgehead atoms. The molecule has 0 heterocycles. The molecule has 0 aliphatic heterocycles. The summed E-state index contributed by atoms with van der Waals surface area (Å²) in [5.41, 5.74) is 7.71. The second-order valence-corrected chi connectivity index (χ2v) is 10.1. The fourth-order valence-electron chi connectivity index (χ4n) is 3.44. The van der Waals surface area contributed by atoms with Gasteiger partial charge in [-0.25, -0.2) is 0 Å². The van der Waals surface area contributed by atoms with Crippen LogP contribution < -0.4 is 10.5 Å². The smallest absolute Gasteiger partial charge is 0.200 e. The van der Waals surface area contributed by atoms with Crippen molar-refractivity contribution in [3.63, 3.8) is 0 Å². The van der Waals surface area contributed by atoms with E-state index in [4.69, 9.17) is 15.2 Å². The third kappa shape index (κ3) is 6.92. The van der Waals surface area contributed by atoms with Gasteiger partial charge in [0.1, 0.15) is 5.75 Å². The van der Waals surface area contributed by atoms with E-state index in [-0.39, 0.29) is 23.2 Å². The minimum absolute atomic E-state index is 0.0143. The van der Waals surface area contributed by atoms with Crippen molar-refractivity contribution in [3.05, 3.63) is 29.8 Å². The molecule has 2 rings (SSSR count). The van der Waals surface area contributed by atoms with E-state index in [1.807, 2.05) is 12.1 Å². The zero-order chi connectivity index (χ0) is 19.4. The van der Waals surface area contributed by atoms with Crippen LogP contribution in [-0.4, -0.2) is 12.4 Å². The summed E-state index contributed by atoms with van der Waals surface area (Å²) in [5, 5.41) is 0. The topological polar surface area (TPSA) is 44.5 Å². The molecule has 0 saturated heterocycles. The van der Waals surface area contributed by atoms with Gasteiger partial charge in [0, 0.05) is 12.5 Å². The molecule has 1 aromatic carbocycles. The molecule has 1 fully saturated rings. The maximum Gasteiger partial charge on any atom is 0.200 e. The van der Waals surface area contributed by atoms with Crippen molar-refractivity contribution in [1.29, 1.82) is 0 Å². The van der Waals surface area contributed by atoms with Gasteiger partial charge < -0.3 is 15.2 Å². The third-order valence-electron chi connectivity index (χ3n) is 5.12. The van der Waals surface area contributed by atoms with Crippen molar-refractivity contribution < 1.29 is 9.47 Å². The average molecular weight is 362 g/mol. The van der Waals surface area contributed by atoms with Crippen molar-refractivity contribution in [2.24, 2.45) is 16.6 Å². The summed E-state index contributed by atoms with van der Waals surface area (Å²) in [4.78, 5) is 0. The molecule has 1 aromatic rings. The van der Waals surface area contributed by atoms with E-state index in [1.54, 1.807) is 0 Å². The molecule has 2 atom stereocenters. The summed E-state index contributed by atoms with van der Waals surface area (Å²) in [5.74, 6) is 0.861. The first-order chi connectivity index (χ1) is 12.0. The third-order valence-corrected chi connectivity index (χ3v) is 5.12. The molecule has 2 N–H and O–H groups in total. The van der Waals surface area contributed by atoms with Gasteiger partial charge in [0.15, 0.2) is 0 Å². The molecule has 0 amide bonds. The van der Waals surface area contributed by atoms with Gasteiger partial charge in [-0.1, -0.05) is 72.9 Å². The molecule has 3 heteroatoms. The molecular formula is C23H39NO2. The van der Waals surface area contributed by atoms with Crippen LogP contribution in [0.3, 0.4) is 0 Å². The van der Waals surface area contributed by atoms with Crippen LogP contribution in [-0.2, 0) is 4.74 Å². The molecular weight excluding hydrogens is 322 g/mol. The highest BCUT2D eigenvalue weighted by molar-refractivity contribution is 5.30. The Morgan fingerprint density at radius 3 is 2.04 bits per heavy atom. The highest BCUT2D eigenvalue weighted by atomic mass is 16.7. The molecule has 0 aromatic heterocycles. The Labute approximate surface area is 160 Å². The highest BCUT2D eigenvalue weighted by Gasteiger charge is 2.26. The SMILES string of the molecule is CC(C)(C)CC(Oc1ccc(C(N)C(C)(C)C)cc1)OC1CCCCC1. The lowest BCUT2D eigenvalue weighted by Crippen LogP contribution is -2.32. The van der Waals surface area contributed by atoms with Gasteiger partial charge in [0.25, 0.3) is 0 Å². The zero-order valence-electron chi connectivity index (χ0n) is 17.7. The average Bonchev–Trinajstić information content (AvgIpc) is 2.53. The Morgan fingerprint density at radius 1 is 0.962 bits per heavy atom. The first-order valence-corrected chi connectivity index (χ1v) is 10.2. The van der Waals surface area contributed by atoms with E-state index in [0.29, 0.717) is 6.10 Å². The molecule has 0 radical (unpaired) electrons. The number of hydrogen-bond donors (Lipinski definition) is 1. The summed E-state index contributed by atoms with van der Waals surface area (Å²) >= 11 is 0. The molecule has 1 saturated carbocycles. The van der Waals surface area contributed by atoms with Gasteiger partial charge in [-0.3, -0.25) is 0 Å². The van der Waals surface area contributed by atoms with Crippen LogP contribution >= 0.6 is 0 Å². The quantitative estimate of drug-likeness (QED) is 0.611. The zero-order valence-corrected chi connectivity index (χ0v) is 17.7. The second kappa shape index (κ2) is 8.75. The van der Waals surface area contributed by atoms with Crippen LogP contribution in [0.4, 0.5) is 0 Å². The number of rotatable bonds is 6. The Kier molecular flexibility index (Phi) is 7.15. The van der Waals surface area contributed by atoms with E-state index in [1.165, 1.54) is 19.3 Å². The minimum Gasteiger partial charge on any atom is -0.465 e. The fourth-order valence-corrected chi connectivity index (χ4v) is 3.44. The van der Waals surface area contributed by atoms with Crippen LogP contribution in [0.2, 0.25) is 0 Å². The van der Waals surface area contributed by atoms with Crippen molar-refractivity contribution in [3.8, 4) is 5.75 Å². The summed E-state index contributed by atoms with van der Waals surface area (Å²) in [6.07, 6.45) is 7.21. The van der Waals surface area contributed by atoms with Crippen LogP contribution in [0.5, 0.6) is 5.75 Å². The lowest BCUT2D eigenvalue weighted by atomic mass is 9.83. The standard InChI is InChI=1S/C23H39NO2/c1-22(2,3)16-20(25-18-10-8-7-9-11-18)26-19-14-12-17(13-15-19)21(24)23(4,5)6/h12-15,18,20-21H,7-11,16,24H2,1-6H3. The summed E-state index contributed by atoms with van der Waals surface area (Å²) in [7, 11) is 0. The molecule has 0 spiro atoms. The van der Waals surface area contributed by atoms with Gasteiger partial charge in [0.05, 0.1) is 6.10 Å². The van der Waals surface area contributed by atoms with E-state index < -0.39 is 0 Å². The van der Waals surface area contributed by atoms with Crippen LogP contribution in [0.25, 0.3) is 0 Å². The van der Waals surface area contributed by atoms with Gasteiger partial charge >= 0.3 is 0 Å². The van der Waals surface area contributed by atoms with Crippen molar-refractivity contribution in [2.75, 3.05) is 0 Å². The second-order valence-electron chi connectivity index (χ2n) is 10.1. The van der Waals surface area contributed by atoms with Gasteiger partial charge in [0.2, 0.25) is 6.29 Å². The summed E-state index contributed by atoms with van der Waals surface area (Å²) < 4.78 is 12.6. The van der Waals surface area contributed by atoms with E-state index >= 15 is 0 Å². The molecule has 1 aliphatic rings. The van der Waals surface area contributed by atoms with Gasteiger partial charge in [-0.05, 0) is 41.4 Å². The Hall–Kier alpha value is -1.06. The number of benzene rings is 1. The van der Waals surface area contributed by atoms with E-state index in [0.717, 1.165) is 30.6 Å². The monoisotopic (exact) mass is 361 g/mol. The van der Waals surface area contributed by atoms with Crippen molar-refractivity contribution in [2.45, 2.75) is 98.5 Å². The van der Waals surface area contributed by atoms with Gasteiger partial charge in [-0.15, -0.1) is 0 Å². The predicted molar refractivity (Wildman–Crippen MR) is 109 cm³/mol. The first-order valence-electron chi connectivity index (χ1n) is 10.2. The van der Waals surface area contributed by atoms with Gasteiger partial charge in [-0.2, -0.15) is 0 Å². The normalized spacial score (nSPS) is 19.2. The van der Waals surface area contributed by atoms with Crippen molar-refractivity contribution in [1.82, 2.24) is 0 Å². The Morgan fingerprint density at radius 2 is 1.54 bits per heavy atom. The summed E-state index contributed by atoms with van der Waals surface area (Å²) in [6, 6.07) is 8.24. The van der Waals surface area contributed by atoms with Crippen LogP contribution in [0.1, 0.15) is 91.7 Å². The number of nitrogens with two attached hydrogens (primary N) is 1. The summed E-state index contributed by atoms with van der Waals surface area (Å²) in [6.45, 7) is 13.2. The molecule has 3 nitrogen and oxygen atoms in total. The number of hydrogen-bond acceptors (Lipinski definition) is 3. The maximum absolute atomic E-state index is 6.36. The fraction of sp³-hybridized carbons (Fsp3) is 0.739. The molecule has 2 unspecified atom stereocenters. The number of ether oxygens (including phenoxy) is 2. The van der Waals surface area contributed by atoms with Crippen LogP contribution in [0.15, 0.2) is 24.3 Å². The van der Waals surface area contributed by atoms with Crippen LogP contribution in [0, 0.1) is 10.8 Å². The largest absolute Gasteiger partial charge is 0.465 e.